The molecule has 3 rings (SSSR count). The zero-order valence-corrected chi connectivity index (χ0v) is 12.1. The highest BCUT2D eigenvalue weighted by molar-refractivity contribution is 5.84. The maximum absolute atomic E-state index is 5.94. The highest BCUT2D eigenvalue weighted by Crippen LogP contribution is 2.28. The van der Waals surface area contributed by atoms with Gasteiger partial charge >= 0.3 is 0 Å². The van der Waals surface area contributed by atoms with Crippen LogP contribution in [0.4, 0.5) is 5.95 Å². The minimum Gasteiger partial charge on any atom is -0.438 e. The lowest BCUT2D eigenvalue weighted by Crippen LogP contribution is -2.03. The molecule has 0 spiro atoms. The van der Waals surface area contributed by atoms with E-state index in [1.165, 1.54) is 5.56 Å². The van der Waals surface area contributed by atoms with Crippen molar-refractivity contribution in [3.05, 3.63) is 54.1 Å². The first-order valence-electron chi connectivity index (χ1n) is 7.01. The van der Waals surface area contributed by atoms with E-state index in [9.17, 15) is 0 Å². The van der Waals surface area contributed by atoms with Gasteiger partial charge in [-0.1, -0.05) is 29.8 Å². The average molecular weight is 279 g/mol. The van der Waals surface area contributed by atoms with E-state index in [4.69, 9.17) is 4.74 Å². The van der Waals surface area contributed by atoms with Crippen LogP contribution < -0.4 is 10.1 Å². The van der Waals surface area contributed by atoms with Gasteiger partial charge in [-0.3, -0.25) is 0 Å². The van der Waals surface area contributed by atoms with Crippen LogP contribution in [0.5, 0.6) is 11.6 Å². The lowest BCUT2D eigenvalue weighted by molar-refractivity contribution is 0.469. The topological polar surface area (TPSA) is 47.0 Å². The van der Waals surface area contributed by atoms with Crippen LogP contribution in [-0.4, -0.2) is 16.5 Å². The van der Waals surface area contributed by atoms with Gasteiger partial charge < -0.3 is 10.1 Å². The van der Waals surface area contributed by atoms with E-state index in [0.29, 0.717) is 11.8 Å². The van der Waals surface area contributed by atoms with Gasteiger partial charge in [-0.25, -0.2) is 4.98 Å². The van der Waals surface area contributed by atoms with Crippen molar-refractivity contribution in [1.82, 2.24) is 9.97 Å². The summed E-state index contributed by atoms with van der Waals surface area (Å²) in [4.78, 5) is 8.94. The molecule has 0 aliphatic rings. The van der Waals surface area contributed by atoms with Gasteiger partial charge in [-0.05, 0) is 38.1 Å². The molecule has 106 valence electrons. The van der Waals surface area contributed by atoms with Gasteiger partial charge in [0.1, 0.15) is 5.75 Å². The fourth-order valence-corrected chi connectivity index (χ4v) is 2.08. The van der Waals surface area contributed by atoms with Gasteiger partial charge in [0, 0.05) is 6.54 Å². The van der Waals surface area contributed by atoms with Crippen molar-refractivity contribution >= 4 is 16.9 Å². The lowest BCUT2D eigenvalue weighted by atomic mass is 10.2. The highest BCUT2D eigenvalue weighted by Gasteiger charge is 2.09. The van der Waals surface area contributed by atoms with E-state index in [-0.39, 0.29) is 0 Å². The number of para-hydroxylation sites is 1. The number of hydrogen-bond acceptors (Lipinski definition) is 4. The maximum atomic E-state index is 5.94. The SMILES string of the molecule is CCNc1nc(Oc2ccc(C)cc2)c2ccccc2n1. The van der Waals surface area contributed by atoms with E-state index < -0.39 is 0 Å². The molecule has 1 heterocycles. The second-order valence-electron chi connectivity index (χ2n) is 4.81. The van der Waals surface area contributed by atoms with Crippen LogP contribution in [0, 0.1) is 6.92 Å². The van der Waals surface area contributed by atoms with Crippen LogP contribution in [0.25, 0.3) is 10.9 Å². The van der Waals surface area contributed by atoms with Crippen molar-refractivity contribution in [1.29, 1.82) is 0 Å². The molecule has 0 bridgehead atoms. The van der Waals surface area contributed by atoms with Gasteiger partial charge in [0.05, 0.1) is 10.9 Å². The number of rotatable bonds is 4. The van der Waals surface area contributed by atoms with E-state index in [2.05, 4.69) is 15.3 Å². The molecular formula is C17H17N3O. The summed E-state index contributed by atoms with van der Waals surface area (Å²) in [5.41, 5.74) is 2.06. The van der Waals surface area contributed by atoms with E-state index in [1.54, 1.807) is 0 Å². The van der Waals surface area contributed by atoms with Gasteiger partial charge in [0.25, 0.3) is 0 Å². The molecule has 0 radical (unpaired) electrons. The summed E-state index contributed by atoms with van der Waals surface area (Å²) >= 11 is 0. The molecule has 0 amide bonds. The summed E-state index contributed by atoms with van der Waals surface area (Å²) < 4.78 is 5.94. The van der Waals surface area contributed by atoms with Gasteiger partial charge in [-0.2, -0.15) is 4.98 Å². The number of nitrogens with one attached hydrogen (secondary N) is 1. The third kappa shape index (κ3) is 2.94. The van der Waals surface area contributed by atoms with Crippen molar-refractivity contribution in [3.63, 3.8) is 0 Å². The number of nitrogens with zero attached hydrogens (tertiary/aromatic N) is 2. The summed E-state index contributed by atoms with van der Waals surface area (Å²) in [6.07, 6.45) is 0. The minimum absolute atomic E-state index is 0.570. The molecule has 1 aromatic heterocycles. The minimum atomic E-state index is 0.570. The van der Waals surface area contributed by atoms with Crippen LogP contribution in [-0.2, 0) is 0 Å². The summed E-state index contributed by atoms with van der Waals surface area (Å²) in [5, 5.41) is 4.04. The van der Waals surface area contributed by atoms with Crippen molar-refractivity contribution < 1.29 is 4.74 Å². The van der Waals surface area contributed by atoms with Gasteiger partial charge in [-0.15, -0.1) is 0 Å². The standard InChI is InChI=1S/C17H17N3O/c1-3-18-17-19-15-7-5-4-6-14(15)16(20-17)21-13-10-8-12(2)9-11-13/h4-11H,3H2,1-2H3,(H,18,19,20). The monoisotopic (exact) mass is 279 g/mol. The Kier molecular flexibility index (Phi) is 3.69. The third-order valence-electron chi connectivity index (χ3n) is 3.14. The van der Waals surface area contributed by atoms with Crippen molar-refractivity contribution in [3.8, 4) is 11.6 Å². The Hall–Kier alpha value is -2.62. The molecule has 0 unspecified atom stereocenters. The fraction of sp³-hybridized carbons (Fsp3) is 0.176. The quantitative estimate of drug-likeness (QED) is 0.779. The Morgan fingerprint density at radius 2 is 1.76 bits per heavy atom. The van der Waals surface area contributed by atoms with Crippen molar-refractivity contribution in [2.75, 3.05) is 11.9 Å². The molecule has 1 N–H and O–H groups in total. The van der Waals surface area contributed by atoms with Crippen LogP contribution in [0.3, 0.4) is 0 Å². The van der Waals surface area contributed by atoms with Crippen molar-refractivity contribution in [2.45, 2.75) is 13.8 Å². The number of fused-ring (bicyclic) bond motifs is 1. The molecule has 0 saturated carbocycles. The zero-order chi connectivity index (χ0) is 14.7. The molecule has 0 fully saturated rings. The third-order valence-corrected chi connectivity index (χ3v) is 3.14. The Morgan fingerprint density at radius 1 is 1.00 bits per heavy atom. The van der Waals surface area contributed by atoms with Crippen LogP contribution in [0.15, 0.2) is 48.5 Å². The van der Waals surface area contributed by atoms with Crippen LogP contribution in [0.1, 0.15) is 12.5 Å². The number of aromatic nitrogens is 2. The second-order valence-corrected chi connectivity index (χ2v) is 4.81. The molecule has 2 aromatic carbocycles. The predicted octanol–water partition coefficient (Wildman–Crippen LogP) is 4.16. The second kappa shape index (κ2) is 5.79. The normalized spacial score (nSPS) is 10.6. The van der Waals surface area contributed by atoms with E-state index >= 15 is 0 Å². The number of anilines is 1. The number of aryl methyl sites for hydroxylation is 1. The average Bonchev–Trinajstić information content (AvgIpc) is 2.50. The molecule has 3 aromatic rings. The Morgan fingerprint density at radius 3 is 2.52 bits per heavy atom. The summed E-state index contributed by atoms with van der Waals surface area (Å²) in [6.45, 7) is 4.83. The summed E-state index contributed by atoms with van der Waals surface area (Å²) in [6, 6.07) is 15.8. The summed E-state index contributed by atoms with van der Waals surface area (Å²) in [5.74, 6) is 1.92. The van der Waals surface area contributed by atoms with E-state index in [1.807, 2.05) is 62.4 Å². The van der Waals surface area contributed by atoms with Crippen LogP contribution >= 0.6 is 0 Å². The molecule has 4 heteroatoms. The highest BCUT2D eigenvalue weighted by atomic mass is 16.5. The lowest BCUT2D eigenvalue weighted by Gasteiger charge is -2.10. The molecule has 0 aliphatic heterocycles. The van der Waals surface area contributed by atoms with Crippen molar-refractivity contribution in [2.24, 2.45) is 0 Å². The maximum Gasteiger partial charge on any atom is 0.231 e. The molecule has 21 heavy (non-hydrogen) atoms. The predicted molar refractivity (Wildman–Crippen MR) is 85.0 cm³/mol. The Balaban J connectivity index is 2.04. The first-order chi connectivity index (χ1) is 10.3. The first kappa shape index (κ1) is 13.4. The number of benzene rings is 2. The largest absolute Gasteiger partial charge is 0.438 e. The molecule has 0 atom stereocenters. The van der Waals surface area contributed by atoms with Gasteiger partial charge in [0.2, 0.25) is 11.8 Å². The molecule has 0 saturated heterocycles. The Bertz CT molecular complexity index is 754. The fourth-order valence-electron chi connectivity index (χ4n) is 2.08. The van der Waals surface area contributed by atoms with Gasteiger partial charge in [0.15, 0.2) is 0 Å². The number of hydrogen-bond donors (Lipinski definition) is 1. The molecular weight excluding hydrogens is 262 g/mol. The molecule has 4 nitrogen and oxygen atoms in total. The smallest absolute Gasteiger partial charge is 0.231 e. The Labute approximate surface area is 123 Å². The zero-order valence-electron chi connectivity index (χ0n) is 12.1. The van der Waals surface area contributed by atoms with E-state index in [0.717, 1.165) is 23.2 Å². The number of ether oxygens (including phenoxy) is 1. The molecule has 0 aliphatic carbocycles. The summed E-state index contributed by atoms with van der Waals surface area (Å²) in [7, 11) is 0. The first-order valence-corrected chi connectivity index (χ1v) is 7.01. The van der Waals surface area contributed by atoms with Crippen LogP contribution in [0.2, 0.25) is 0 Å².